The highest BCUT2D eigenvalue weighted by atomic mass is 16.5. The minimum absolute atomic E-state index is 0.00426. The van der Waals surface area contributed by atoms with Gasteiger partial charge in [0.2, 0.25) is 0 Å². The summed E-state index contributed by atoms with van der Waals surface area (Å²) in [5.74, 6) is 0.947. The average Bonchev–Trinajstić information content (AvgIpc) is 2.53. The lowest BCUT2D eigenvalue weighted by molar-refractivity contribution is -0.145. The molecule has 1 fully saturated rings. The fraction of sp³-hybridized carbons (Fsp3) is 0.647. The van der Waals surface area contributed by atoms with Gasteiger partial charge in [-0.2, -0.15) is 0 Å². The zero-order valence-electron chi connectivity index (χ0n) is 12.7. The summed E-state index contributed by atoms with van der Waals surface area (Å²) in [6.07, 6.45) is 4.57. The van der Waals surface area contributed by atoms with E-state index in [-0.39, 0.29) is 11.7 Å². The van der Waals surface area contributed by atoms with Gasteiger partial charge in [-0.25, -0.2) is 0 Å². The Kier molecular flexibility index (Phi) is 3.74. The molecule has 0 bridgehead atoms. The largest absolute Gasteiger partial charge is 0.497 e. The molecule has 0 saturated carbocycles. The van der Waals surface area contributed by atoms with E-state index in [2.05, 4.69) is 37.4 Å². The third kappa shape index (κ3) is 2.23. The van der Waals surface area contributed by atoms with Crippen LogP contribution in [0.2, 0.25) is 0 Å². The van der Waals surface area contributed by atoms with E-state index in [4.69, 9.17) is 9.47 Å². The Labute approximate surface area is 121 Å². The number of aryl methyl sites for hydroxylation is 1. The van der Waals surface area contributed by atoms with Crippen LogP contribution in [0.15, 0.2) is 18.2 Å². The van der Waals surface area contributed by atoms with Crippen LogP contribution in [-0.4, -0.2) is 25.3 Å². The standard InChI is InChI=1S/C17H25NO2/c1-4-17(5-2)11-18-15-9-6-12-10-13(19-3)7-8-14(12)16(15)20-17/h7-8,10,15-16,18H,4-6,9,11H2,1-3H3. The quantitative estimate of drug-likeness (QED) is 0.918. The number of benzene rings is 1. The highest BCUT2D eigenvalue weighted by Gasteiger charge is 2.42. The molecule has 1 aliphatic heterocycles. The van der Waals surface area contributed by atoms with Gasteiger partial charge in [0.1, 0.15) is 5.75 Å². The fourth-order valence-electron chi connectivity index (χ4n) is 3.53. The summed E-state index contributed by atoms with van der Waals surface area (Å²) in [7, 11) is 1.73. The van der Waals surface area contributed by atoms with Crippen LogP contribution in [0, 0.1) is 0 Å². The second-order valence-electron chi connectivity index (χ2n) is 6.02. The number of hydrogen-bond donors (Lipinski definition) is 1. The molecule has 3 nitrogen and oxygen atoms in total. The van der Waals surface area contributed by atoms with Crippen LogP contribution in [-0.2, 0) is 11.2 Å². The lowest BCUT2D eigenvalue weighted by Crippen LogP contribution is -2.56. The molecule has 2 atom stereocenters. The van der Waals surface area contributed by atoms with Gasteiger partial charge in [-0.05, 0) is 48.9 Å². The van der Waals surface area contributed by atoms with E-state index in [9.17, 15) is 0 Å². The van der Waals surface area contributed by atoms with Gasteiger partial charge < -0.3 is 14.8 Å². The molecule has 1 N–H and O–H groups in total. The summed E-state index contributed by atoms with van der Waals surface area (Å²) in [5, 5.41) is 3.73. The first-order valence-electron chi connectivity index (χ1n) is 7.79. The number of nitrogens with one attached hydrogen (secondary N) is 1. The first-order chi connectivity index (χ1) is 9.71. The second kappa shape index (κ2) is 5.38. The van der Waals surface area contributed by atoms with Crippen LogP contribution < -0.4 is 10.1 Å². The summed E-state index contributed by atoms with van der Waals surface area (Å²) in [6.45, 7) is 5.43. The zero-order chi connectivity index (χ0) is 14.2. The van der Waals surface area contributed by atoms with Crippen LogP contribution in [0.5, 0.6) is 5.75 Å². The maximum absolute atomic E-state index is 6.57. The molecule has 0 aromatic heterocycles. The molecule has 2 unspecified atom stereocenters. The number of fused-ring (bicyclic) bond motifs is 3. The minimum Gasteiger partial charge on any atom is -0.497 e. The van der Waals surface area contributed by atoms with E-state index in [1.54, 1.807) is 7.11 Å². The molecular weight excluding hydrogens is 250 g/mol. The van der Waals surface area contributed by atoms with Gasteiger partial charge in [-0.15, -0.1) is 0 Å². The molecule has 110 valence electrons. The normalized spacial score (nSPS) is 27.6. The Bertz CT molecular complexity index is 482. The number of ether oxygens (including phenoxy) is 2. The van der Waals surface area contributed by atoms with Crippen LogP contribution in [0.4, 0.5) is 0 Å². The van der Waals surface area contributed by atoms with Gasteiger partial charge in [0.25, 0.3) is 0 Å². The second-order valence-corrected chi connectivity index (χ2v) is 6.02. The Hall–Kier alpha value is -1.06. The van der Waals surface area contributed by atoms with Gasteiger partial charge in [0.15, 0.2) is 0 Å². The Morgan fingerprint density at radius 2 is 2.15 bits per heavy atom. The highest BCUT2D eigenvalue weighted by Crippen LogP contribution is 2.41. The Morgan fingerprint density at radius 1 is 1.35 bits per heavy atom. The molecule has 1 heterocycles. The molecule has 1 aromatic rings. The van der Waals surface area contributed by atoms with Crippen molar-refractivity contribution in [3.63, 3.8) is 0 Å². The predicted molar refractivity (Wildman–Crippen MR) is 80.2 cm³/mol. The molecule has 1 saturated heterocycles. The number of rotatable bonds is 3. The summed E-state index contributed by atoms with van der Waals surface area (Å²) in [4.78, 5) is 0. The van der Waals surface area contributed by atoms with Gasteiger partial charge in [0.05, 0.1) is 18.8 Å². The van der Waals surface area contributed by atoms with Gasteiger partial charge in [-0.1, -0.05) is 19.9 Å². The van der Waals surface area contributed by atoms with Crippen LogP contribution >= 0.6 is 0 Å². The van der Waals surface area contributed by atoms with Crippen molar-refractivity contribution in [3.05, 3.63) is 29.3 Å². The lowest BCUT2D eigenvalue weighted by atomic mass is 9.82. The van der Waals surface area contributed by atoms with Crippen LogP contribution in [0.3, 0.4) is 0 Å². The van der Waals surface area contributed by atoms with E-state index >= 15 is 0 Å². The molecule has 2 aliphatic rings. The maximum Gasteiger partial charge on any atom is 0.119 e. The Balaban J connectivity index is 1.92. The molecule has 1 aliphatic carbocycles. The Morgan fingerprint density at radius 3 is 2.85 bits per heavy atom. The van der Waals surface area contributed by atoms with Gasteiger partial charge >= 0.3 is 0 Å². The van der Waals surface area contributed by atoms with E-state index in [1.165, 1.54) is 11.1 Å². The molecular formula is C17H25NO2. The van der Waals surface area contributed by atoms with E-state index in [0.717, 1.165) is 38.0 Å². The molecule has 3 rings (SSSR count). The van der Waals surface area contributed by atoms with Crippen molar-refractivity contribution >= 4 is 0 Å². The monoisotopic (exact) mass is 275 g/mol. The van der Waals surface area contributed by atoms with Crippen LogP contribution in [0.25, 0.3) is 0 Å². The zero-order valence-corrected chi connectivity index (χ0v) is 12.7. The first kappa shape index (κ1) is 13.9. The topological polar surface area (TPSA) is 30.5 Å². The number of morpholine rings is 1. The molecule has 3 heteroatoms. The summed E-state index contributed by atoms with van der Waals surface area (Å²) >= 11 is 0. The summed E-state index contributed by atoms with van der Waals surface area (Å²) < 4.78 is 11.9. The number of hydrogen-bond acceptors (Lipinski definition) is 3. The van der Waals surface area contributed by atoms with Gasteiger partial charge in [0, 0.05) is 12.6 Å². The van der Waals surface area contributed by atoms with Crippen molar-refractivity contribution < 1.29 is 9.47 Å². The average molecular weight is 275 g/mol. The molecule has 0 radical (unpaired) electrons. The maximum atomic E-state index is 6.57. The third-order valence-electron chi connectivity index (χ3n) is 5.10. The highest BCUT2D eigenvalue weighted by molar-refractivity contribution is 5.40. The van der Waals surface area contributed by atoms with E-state index < -0.39 is 0 Å². The van der Waals surface area contributed by atoms with Crippen molar-refractivity contribution in [1.29, 1.82) is 0 Å². The molecule has 0 amide bonds. The fourth-order valence-corrected chi connectivity index (χ4v) is 3.53. The third-order valence-corrected chi connectivity index (χ3v) is 5.10. The minimum atomic E-state index is -0.00426. The van der Waals surface area contributed by atoms with Crippen molar-refractivity contribution in [2.24, 2.45) is 0 Å². The molecule has 1 aromatic carbocycles. The van der Waals surface area contributed by atoms with Crippen molar-refractivity contribution in [1.82, 2.24) is 5.32 Å². The molecule has 0 spiro atoms. The van der Waals surface area contributed by atoms with Crippen molar-refractivity contribution in [3.8, 4) is 5.75 Å². The smallest absolute Gasteiger partial charge is 0.119 e. The predicted octanol–water partition coefficient (Wildman–Crippen LogP) is 3.23. The lowest BCUT2D eigenvalue weighted by Gasteiger charge is -2.47. The summed E-state index contributed by atoms with van der Waals surface area (Å²) in [5.41, 5.74) is 2.73. The molecule has 20 heavy (non-hydrogen) atoms. The number of methoxy groups -OCH3 is 1. The van der Waals surface area contributed by atoms with Crippen molar-refractivity contribution in [2.45, 2.75) is 57.3 Å². The van der Waals surface area contributed by atoms with Crippen LogP contribution in [0.1, 0.15) is 50.3 Å². The van der Waals surface area contributed by atoms with Crippen molar-refractivity contribution in [2.75, 3.05) is 13.7 Å². The first-order valence-corrected chi connectivity index (χ1v) is 7.79. The van der Waals surface area contributed by atoms with E-state index in [1.807, 2.05) is 0 Å². The van der Waals surface area contributed by atoms with E-state index in [0.29, 0.717) is 6.04 Å². The summed E-state index contributed by atoms with van der Waals surface area (Å²) in [6, 6.07) is 6.87. The van der Waals surface area contributed by atoms with Gasteiger partial charge in [-0.3, -0.25) is 0 Å². The SMILES string of the molecule is CCC1(CC)CNC2CCc3cc(OC)ccc3C2O1.